The summed E-state index contributed by atoms with van der Waals surface area (Å²) in [5.41, 5.74) is 5.12. The van der Waals surface area contributed by atoms with Gasteiger partial charge < -0.3 is 10.5 Å². The van der Waals surface area contributed by atoms with E-state index in [4.69, 9.17) is 27.3 Å². The van der Waals surface area contributed by atoms with Crippen LogP contribution in [0, 0.1) is 11.3 Å². The number of halogens is 1. The molecular weight excluding hydrogens is 306 g/mol. The van der Waals surface area contributed by atoms with Gasteiger partial charge in [-0.05, 0) is 18.2 Å². The molecule has 0 fully saturated rings. The van der Waals surface area contributed by atoms with E-state index in [1.165, 1.54) is 18.2 Å². The maximum Gasteiger partial charge on any atom is 0.243 e. The summed E-state index contributed by atoms with van der Waals surface area (Å²) in [4.78, 5) is 10.3. The first-order chi connectivity index (χ1) is 9.36. The number of benzene rings is 1. The number of amides is 1. The zero-order valence-corrected chi connectivity index (χ0v) is 11.9. The van der Waals surface area contributed by atoms with Crippen molar-refractivity contribution in [3.63, 3.8) is 0 Å². The van der Waals surface area contributed by atoms with Crippen LogP contribution >= 0.6 is 11.6 Å². The molecule has 0 radical (unpaired) electrons. The molecule has 1 amide bonds. The van der Waals surface area contributed by atoms with Gasteiger partial charge in [-0.15, -0.1) is 0 Å². The lowest BCUT2D eigenvalue weighted by Crippen LogP contribution is -2.29. The van der Waals surface area contributed by atoms with E-state index in [0.29, 0.717) is 0 Å². The van der Waals surface area contributed by atoms with Crippen LogP contribution in [-0.2, 0) is 19.6 Å². The van der Waals surface area contributed by atoms with E-state index in [-0.39, 0.29) is 35.2 Å². The van der Waals surface area contributed by atoms with Gasteiger partial charge in [-0.2, -0.15) is 5.26 Å². The summed E-state index contributed by atoms with van der Waals surface area (Å²) in [5.74, 6) is -0.636. The Hall–Kier alpha value is -1.66. The van der Waals surface area contributed by atoms with Gasteiger partial charge in [0.05, 0.1) is 23.3 Å². The van der Waals surface area contributed by atoms with Crippen molar-refractivity contribution in [1.29, 1.82) is 5.26 Å². The second-order valence-corrected chi connectivity index (χ2v) is 5.82. The molecule has 9 heteroatoms. The Morgan fingerprint density at radius 3 is 2.75 bits per heavy atom. The van der Waals surface area contributed by atoms with Crippen LogP contribution in [-0.4, -0.2) is 34.1 Å². The van der Waals surface area contributed by atoms with Gasteiger partial charge in [0.1, 0.15) is 11.5 Å². The van der Waals surface area contributed by atoms with E-state index in [1.807, 2.05) is 6.07 Å². The van der Waals surface area contributed by atoms with Crippen molar-refractivity contribution in [1.82, 2.24) is 4.72 Å². The Bertz CT molecular complexity index is 640. The molecule has 0 heterocycles. The van der Waals surface area contributed by atoms with Gasteiger partial charge >= 0.3 is 0 Å². The van der Waals surface area contributed by atoms with Crippen molar-refractivity contribution >= 4 is 27.5 Å². The molecule has 1 aromatic rings. The first-order valence-electron chi connectivity index (χ1n) is 5.42. The molecule has 0 unspecified atom stereocenters. The summed E-state index contributed by atoms with van der Waals surface area (Å²) < 4.78 is 30.9. The van der Waals surface area contributed by atoms with Gasteiger partial charge in [-0.1, -0.05) is 11.6 Å². The lowest BCUT2D eigenvalue weighted by atomic mass is 10.2. The smallest absolute Gasteiger partial charge is 0.243 e. The highest BCUT2D eigenvalue weighted by Crippen LogP contribution is 2.22. The highest BCUT2D eigenvalue weighted by atomic mass is 35.5. The maximum atomic E-state index is 11.9. The van der Waals surface area contributed by atoms with Gasteiger partial charge in [-0.3, -0.25) is 4.79 Å². The molecule has 1 rings (SSSR count). The Kier molecular flexibility index (Phi) is 5.91. The molecule has 0 aliphatic rings. The molecule has 0 atom stereocenters. The highest BCUT2D eigenvalue weighted by Gasteiger charge is 2.17. The average molecular weight is 318 g/mol. The molecule has 20 heavy (non-hydrogen) atoms. The number of ether oxygens (including phenoxy) is 1. The summed E-state index contributed by atoms with van der Waals surface area (Å²) in [6, 6.07) is 5.71. The Morgan fingerprint density at radius 1 is 1.50 bits per heavy atom. The number of nitrogens with one attached hydrogen (secondary N) is 1. The van der Waals surface area contributed by atoms with Crippen LogP contribution in [0.3, 0.4) is 0 Å². The number of hydrogen-bond donors (Lipinski definition) is 2. The molecule has 0 saturated carbocycles. The molecule has 0 bridgehead atoms. The number of nitriles is 1. The standard InChI is InChI=1S/C11H12ClN3O4S/c12-9-5-8(6-13)1-2-10(9)20(17,18)15-3-4-19-7-11(14)16/h1-2,5,15H,3-4,7H2,(H2,14,16). The number of sulfonamides is 1. The van der Waals surface area contributed by atoms with Crippen molar-refractivity contribution in [2.75, 3.05) is 19.8 Å². The molecular formula is C11H12ClN3O4S. The third-order valence-corrected chi connectivity index (χ3v) is 4.08. The second kappa shape index (κ2) is 7.21. The van der Waals surface area contributed by atoms with Crippen LogP contribution in [0.5, 0.6) is 0 Å². The normalized spacial score (nSPS) is 11.0. The van der Waals surface area contributed by atoms with Crippen molar-refractivity contribution in [2.45, 2.75) is 4.90 Å². The Labute approximate surface area is 121 Å². The van der Waals surface area contributed by atoms with E-state index in [1.54, 1.807) is 0 Å². The molecule has 7 nitrogen and oxygen atoms in total. The summed E-state index contributed by atoms with van der Waals surface area (Å²) in [5, 5.41) is 8.63. The second-order valence-electron chi connectivity index (χ2n) is 3.67. The minimum Gasteiger partial charge on any atom is -0.370 e. The Morgan fingerprint density at radius 2 is 2.20 bits per heavy atom. The molecule has 3 N–H and O–H groups in total. The van der Waals surface area contributed by atoms with Gasteiger partial charge in [0.15, 0.2) is 0 Å². The largest absolute Gasteiger partial charge is 0.370 e. The van der Waals surface area contributed by atoms with Crippen molar-refractivity contribution in [2.24, 2.45) is 5.73 Å². The number of carbonyl (C=O) groups is 1. The minimum absolute atomic E-state index is 0.00390. The third-order valence-electron chi connectivity index (χ3n) is 2.13. The van der Waals surface area contributed by atoms with Crippen molar-refractivity contribution in [3.8, 4) is 6.07 Å². The van der Waals surface area contributed by atoms with Gasteiger partial charge in [0.25, 0.3) is 0 Å². The van der Waals surface area contributed by atoms with Crippen LogP contribution < -0.4 is 10.5 Å². The minimum atomic E-state index is -3.80. The van der Waals surface area contributed by atoms with Crippen LogP contribution in [0.2, 0.25) is 5.02 Å². The van der Waals surface area contributed by atoms with E-state index in [9.17, 15) is 13.2 Å². The first kappa shape index (κ1) is 16.4. The third kappa shape index (κ3) is 4.79. The van der Waals surface area contributed by atoms with Crippen LogP contribution in [0.4, 0.5) is 0 Å². The average Bonchev–Trinajstić information content (AvgIpc) is 2.37. The number of nitrogens with zero attached hydrogens (tertiary/aromatic N) is 1. The van der Waals surface area contributed by atoms with E-state index in [0.717, 1.165) is 0 Å². The number of carbonyl (C=O) groups excluding carboxylic acids is 1. The number of hydrogen-bond acceptors (Lipinski definition) is 5. The van der Waals surface area contributed by atoms with Crippen LogP contribution in [0.1, 0.15) is 5.56 Å². The topological polar surface area (TPSA) is 122 Å². The lowest BCUT2D eigenvalue weighted by molar-refractivity contribution is -0.122. The monoisotopic (exact) mass is 317 g/mol. The summed E-state index contributed by atoms with van der Waals surface area (Å²) >= 11 is 5.81. The quantitative estimate of drug-likeness (QED) is 0.685. The molecule has 0 aliphatic heterocycles. The molecule has 1 aromatic carbocycles. The fraction of sp³-hybridized carbons (Fsp3) is 0.273. The molecule has 0 spiro atoms. The van der Waals surface area contributed by atoms with Crippen LogP contribution in [0.15, 0.2) is 23.1 Å². The number of nitrogens with two attached hydrogens (primary N) is 1. The van der Waals surface area contributed by atoms with Gasteiger partial charge in [0.2, 0.25) is 15.9 Å². The Balaban J connectivity index is 2.65. The van der Waals surface area contributed by atoms with E-state index >= 15 is 0 Å². The molecule has 0 saturated heterocycles. The van der Waals surface area contributed by atoms with E-state index < -0.39 is 15.9 Å². The van der Waals surface area contributed by atoms with Gasteiger partial charge in [-0.25, -0.2) is 13.1 Å². The molecule has 0 aliphatic carbocycles. The van der Waals surface area contributed by atoms with Crippen LogP contribution in [0.25, 0.3) is 0 Å². The number of primary amides is 1. The lowest BCUT2D eigenvalue weighted by Gasteiger charge is -2.08. The van der Waals surface area contributed by atoms with Crippen molar-refractivity contribution < 1.29 is 17.9 Å². The van der Waals surface area contributed by atoms with Gasteiger partial charge in [0, 0.05) is 6.54 Å². The zero-order chi connectivity index (χ0) is 15.2. The highest BCUT2D eigenvalue weighted by molar-refractivity contribution is 7.89. The number of rotatable bonds is 7. The molecule has 0 aromatic heterocycles. The maximum absolute atomic E-state index is 11.9. The first-order valence-corrected chi connectivity index (χ1v) is 7.28. The fourth-order valence-corrected chi connectivity index (χ4v) is 2.84. The van der Waals surface area contributed by atoms with Crippen molar-refractivity contribution in [3.05, 3.63) is 28.8 Å². The summed E-state index contributed by atoms with van der Waals surface area (Å²) in [6.45, 7) is -0.318. The fourth-order valence-electron chi connectivity index (χ4n) is 1.29. The predicted molar refractivity (Wildman–Crippen MR) is 71.4 cm³/mol. The summed E-state index contributed by atoms with van der Waals surface area (Å²) in [6.07, 6.45) is 0. The zero-order valence-electron chi connectivity index (χ0n) is 10.3. The SMILES string of the molecule is N#Cc1ccc(S(=O)(=O)NCCOCC(N)=O)c(Cl)c1. The molecule has 108 valence electrons. The predicted octanol–water partition coefficient (Wildman–Crippen LogP) is -0.00812. The summed E-state index contributed by atoms with van der Waals surface area (Å²) in [7, 11) is -3.80. The van der Waals surface area contributed by atoms with E-state index in [2.05, 4.69) is 4.72 Å².